The van der Waals surface area contributed by atoms with Crippen molar-refractivity contribution in [1.29, 1.82) is 0 Å². The van der Waals surface area contributed by atoms with Gasteiger partial charge in [0.05, 0.1) is 0 Å². The summed E-state index contributed by atoms with van der Waals surface area (Å²) in [4.78, 5) is 28.0. The number of pyridine rings is 1. The van der Waals surface area contributed by atoms with E-state index in [9.17, 15) is 9.59 Å². The third-order valence-corrected chi connectivity index (χ3v) is 3.88. The van der Waals surface area contributed by atoms with E-state index in [2.05, 4.69) is 4.98 Å². The summed E-state index contributed by atoms with van der Waals surface area (Å²) in [5.74, 6) is 0.153. The van der Waals surface area contributed by atoms with Crippen LogP contribution in [0.2, 0.25) is 0 Å². The molecule has 0 unspecified atom stereocenters. The highest BCUT2D eigenvalue weighted by molar-refractivity contribution is 6.08. The molecule has 0 atom stereocenters. The SMILES string of the molecule is CC(=O)Cc1ccc(CC(=O)c2cn(C)c3ccccc23)cn1. The Balaban J connectivity index is 1.82. The van der Waals surface area contributed by atoms with Gasteiger partial charge in [0.15, 0.2) is 5.78 Å². The first-order chi connectivity index (χ1) is 11.0. The van der Waals surface area contributed by atoms with E-state index in [1.807, 2.05) is 54.2 Å². The zero-order valence-corrected chi connectivity index (χ0v) is 13.2. The molecule has 0 saturated heterocycles. The lowest BCUT2D eigenvalue weighted by atomic mass is 10.0. The van der Waals surface area contributed by atoms with Gasteiger partial charge in [-0.15, -0.1) is 0 Å². The number of carbonyl (C=O) groups excluding carboxylic acids is 2. The predicted octanol–water partition coefficient (Wildman–Crippen LogP) is 3.13. The minimum absolute atomic E-state index is 0.0721. The van der Waals surface area contributed by atoms with Gasteiger partial charge in [-0.1, -0.05) is 24.3 Å². The van der Waals surface area contributed by atoms with Gasteiger partial charge in [-0.25, -0.2) is 0 Å². The molecule has 1 aromatic carbocycles. The van der Waals surface area contributed by atoms with Crippen LogP contribution in [0.15, 0.2) is 48.8 Å². The van der Waals surface area contributed by atoms with Crippen molar-refractivity contribution in [2.24, 2.45) is 7.05 Å². The minimum atomic E-state index is 0.0721. The highest BCUT2D eigenvalue weighted by atomic mass is 16.1. The first-order valence-electron chi connectivity index (χ1n) is 7.55. The lowest BCUT2D eigenvalue weighted by molar-refractivity contribution is -0.116. The van der Waals surface area contributed by atoms with Crippen LogP contribution in [0.4, 0.5) is 0 Å². The number of nitrogens with zero attached hydrogens (tertiary/aromatic N) is 2. The van der Waals surface area contributed by atoms with Crippen molar-refractivity contribution in [2.45, 2.75) is 19.8 Å². The second-order valence-electron chi connectivity index (χ2n) is 5.81. The second kappa shape index (κ2) is 6.16. The first kappa shape index (κ1) is 15.2. The molecular weight excluding hydrogens is 288 g/mol. The van der Waals surface area contributed by atoms with Gasteiger partial charge >= 0.3 is 0 Å². The number of aryl methyl sites for hydroxylation is 1. The maximum atomic E-state index is 12.6. The van der Waals surface area contributed by atoms with E-state index in [0.717, 1.165) is 27.7 Å². The largest absolute Gasteiger partial charge is 0.350 e. The van der Waals surface area contributed by atoms with Crippen LogP contribution in [0.3, 0.4) is 0 Å². The summed E-state index contributed by atoms with van der Waals surface area (Å²) in [7, 11) is 1.94. The number of aromatic nitrogens is 2. The van der Waals surface area contributed by atoms with Crippen LogP contribution >= 0.6 is 0 Å². The summed E-state index contributed by atoms with van der Waals surface area (Å²) in [6.07, 6.45) is 4.20. The van der Waals surface area contributed by atoms with Crippen molar-refractivity contribution in [1.82, 2.24) is 9.55 Å². The fourth-order valence-electron chi connectivity index (χ4n) is 2.76. The molecular formula is C19H18N2O2. The smallest absolute Gasteiger partial charge is 0.169 e. The van der Waals surface area contributed by atoms with Crippen LogP contribution in [-0.2, 0) is 24.7 Å². The molecule has 2 heterocycles. The van der Waals surface area contributed by atoms with Gasteiger partial charge in [0, 0.05) is 54.4 Å². The van der Waals surface area contributed by atoms with Crippen molar-refractivity contribution >= 4 is 22.5 Å². The van der Waals surface area contributed by atoms with Crippen molar-refractivity contribution in [2.75, 3.05) is 0 Å². The summed E-state index contributed by atoms with van der Waals surface area (Å²) in [5, 5.41) is 0.973. The van der Waals surface area contributed by atoms with Gasteiger partial charge in [0.1, 0.15) is 5.78 Å². The Morgan fingerprint density at radius 2 is 1.87 bits per heavy atom. The Labute approximate surface area is 134 Å². The van der Waals surface area contributed by atoms with Gasteiger partial charge in [0.2, 0.25) is 0 Å². The van der Waals surface area contributed by atoms with Crippen molar-refractivity contribution in [3.8, 4) is 0 Å². The fraction of sp³-hybridized carbons (Fsp3) is 0.211. The lowest BCUT2D eigenvalue weighted by Crippen LogP contribution is -2.05. The summed E-state index contributed by atoms with van der Waals surface area (Å²) in [6.45, 7) is 1.54. The van der Waals surface area contributed by atoms with Gasteiger partial charge in [-0.3, -0.25) is 14.6 Å². The number of hydrogen-bond acceptors (Lipinski definition) is 3. The monoisotopic (exact) mass is 306 g/mol. The third kappa shape index (κ3) is 3.21. The molecule has 0 spiro atoms. The van der Waals surface area contributed by atoms with E-state index in [4.69, 9.17) is 0 Å². The lowest BCUT2D eigenvalue weighted by Gasteiger charge is -2.02. The van der Waals surface area contributed by atoms with Crippen LogP contribution in [0.25, 0.3) is 10.9 Å². The van der Waals surface area contributed by atoms with Crippen molar-refractivity contribution in [3.63, 3.8) is 0 Å². The highest BCUT2D eigenvalue weighted by Gasteiger charge is 2.14. The van der Waals surface area contributed by atoms with E-state index in [0.29, 0.717) is 12.8 Å². The van der Waals surface area contributed by atoms with Crippen molar-refractivity contribution in [3.05, 3.63) is 65.6 Å². The molecule has 0 aliphatic heterocycles. The van der Waals surface area contributed by atoms with Gasteiger partial charge in [0.25, 0.3) is 0 Å². The first-order valence-corrected chi connectivity index (χ1v) is 7.55. The van der Waals surface area contributed by atoms with E-state index in [1.54, 1.807) is 13.1 Å². The molecule has 3 aromatic rings. The van der Waals surface area contributed by atoms with Crippen molar-refractivity contribution < 1.29 is 9.59 Å². The quantitative estimate of drug-likeness (QED) is 0.681. The van der Waals surface area contributed by atoms with E-state index >= 15 is 0 Å². The number of ketones is 2. The van der Waals surface area contributed by atoms with Gasteiger partial charge in [-0.05, 0) is 24.6 Å². The molecule has 0 aliphatic rings. The molecule has 4 heteroatoms. The highest BCUT2D eigenvalue weighted by Crippen LogP contribution is 2.21. The molecule has 4 nitrogen and oxygen atoms in total. The number of fused-ring (bicyclic) bond motifs is 1. The van der Waals surface area contributed by atoms with Gasteiger partial charge < -0.3 is 4.57 Å². The predicted molar refractivity (Wildman–Crippen MR) is 89.6 cm³/mol. The average molecular weight is 306 g/mol. The number of para-hydroxylation sites is 1. The van der Waals surface area contributed by atoms with Crippen LogP contribution in [0.5, 0.6) is 0 Å². The summed E-state index contributed by atoms with van der Waals surface area (Å²) >= 11 is 0. The average Bonchev–Trinajstić information content (AvgIpc) is 2.86. The number of benzene rings is 1. The van der Waals surface area contributed by atoms with Crippen LogP contribution < -0.4 is 0 Å². The second-order valence-corrected chi connectivity index (χ2v) is 5.81. The zero-order chi connectivity index (χ0) is 16.4. The Hall–Kier alpha value is -2.75. The zero-order valence-electron chi connectivity index (χ0n) is 13.2. The molecule has 0 bridgehead atoms. The van der Waals surface area contributed by atoms with Gasteiger partial charge in [-0.2, -0.15) is 0 Å². The number of Topliss-reactive ketones (excluding diaryl/α,β-unsaturated/α-hetero) is 2. The molecule has 2 aromatic heterocycles. The molecule has 23 heavy (non-hydrogen) atoms. The summed E-state index contributed by atoms with van der Waals surface area (Å²) in [5.41, 5.74) is 3.37. The topological polar surface area (TPSA) is 52.0 Å². The molecule has 0 N–H and O–H groups in total. The Bertz CT molecular complexity index is 876. The number of hydrogen-bond donors (Lipinski definition) is 0. The molecule has 0 saturated carbocycles. The summed E-state index contributed by atoms with van der Waals surface area (Å²) < 4.78 is 1.97. The molecule has 3 rings (SSSR count). The molecule has 0 amide bonds. The van der Waals surface area contributed by atoms with E-state index in [-0.39, 0.29) is 11.6 Å². The Morgan fingerprint density at radius 3 is 2.57 bits per heavy atom. The molecule has 116 valence electrons. The minimum Gasteiger partial charge on any atom is -0.350 e. The molecule has 0 fully saturated rings. The Morgan fingerprint density at radius 1 is 1.09 bits per heavy atom. The van der Waals surface area contributed by atoms with Crippen LogP contribution in [-0.4, -0.2) is 21.1 Å². The Kier molecular flexibility index (Phi) is 4.06. The van der Waals surface area contributed by atoms with E-state index in [1.165, 1.54) is 0 Å². The maximum absolute atomic E-state index is 12.6. The van der Waals surface area contributed by atoms with Crippen LogP contribution in [0, 0.1) is 0 Å². The maximum Gasteiger partial charge on any atom is 0.169 e. The molecule has 0 aliphatic carbocycles. The normalized spacial score (nSPS) is 10.9. The third-order valence-electron chi connectivity index (χ3n) is 3.88. The number of rotatable bonds is 5. The van der Waals surface area contributed by atoms with Crippen LogP contribution in [0.1, 0.15) is 28.5 Å². The standard InChI is InChI=1S/C19H18N2O2/c1-13(22)9-15-8-7-14(11-20-15)10-19(23)17-12-21(2)18-6-4-3-5-16(17)18/h3-8,11-12H,9-10H2,1-2H3. The fourth-order valence-corrected chi connectivity index (χ4v) is 2.76. The number of carbonyl (C=O) groups is 2. The summed E-state index contributed by atoms with van der Waals surface area (Å²) in [6, 6.07) is 11.6. The van der Waals surface area contributed by atoms with E-state index < -0.39 is 0 Å². The molecule has 0 radical (unpaired) electrons.